The summed E-state index contributed by atoms with van der Waals surface area (Å²) in [7, 11) is 0. The molecule has 122 valence electrons. The average molecular weight is 339 g/mol. The molecular formula is C7F11NO2. The van der Waals surface area contributed by atoms with Crippen LogP contribution in [0.25, 0.3) is 0 Å². The quantitative estimate of drug-likeness (QED) is 0.562. The van der Waals surface area contributed by atoms with E-state index < -0.39 is 42.4 Å². The van der Waals surface area contributed by atoms with Crippen molar-refractivity contribution in [3.8, 4) is 6.07 Å². The molecule has 3 nitrogen and oxygen atoms in total. The lowest BCUT2D eigenvalue weighted by atomic mass is 10.2. The SMILES string of the molecule is N#CC(F)(F)OC(F)(C(F)(F)F)C(F)(F)OC(F)=C(F)F. The average Bonchev–Trinajstić information content (AvgIpc) is 2.25. The summed E-state index contributed by atoms with van der Waals surface area (Å²) in [5.74, 6) is -6.80. The van der Waals surface area contributed by atoms with Gasteiger partial charge < -0.3 is 4.74 Å². The van der Waals surface area contributed by atoms with Crippen molar-refractivity contribution in [1.82, 2.24) is 0 Å². The van der Waals surface area contributed by atoms with Gasteiger partial charge in [-0.15, -0.1) is 0 Å². The predicted octanol–water partition coefficient (Wildman–Crippen LogP) is 3.99. The summed E-state index contributed by atoms with van der Waals surface area (Å²) in [6.07, 6.45) is -23.2. The first-order chi connectivity index (χ1) is 9.09. The Labute approximate surface area is 107 Å². The predicted molar refractivity (Wildman–Crippen MR) is 37.9 cm³/mol. The third kappa shape index (κ3) is 4.09. The van der Waals surface area contributed by atoms with Crippen LogP contribution in [0.2, 0.25) is 0 Å². The normalized spacial score (nSPS) is 15.9. The van der Waals surface area contributed by atoms with Gasteiger partial charge in [-0.2, -0.15) is 53.6 Å². The van der Waals surface area contributed by atoms with Crippen LogP contribution in [0.1, 0.15) is 0 Å². The minimum absolute atomic E-state index is 0.421. The van der Waals surface area contributed by atoms with E-state index in [4.69, 9.17) is 5.26 Å². The molecular weight excluding hydrogens is 339 g/mol. The molecule has 1 atom stereocenters. The van der Waals surface area contributed by atoms with Crippen molar-refractivity contribution in [2.75, 3.05) is 0 Å². The van der Waals surface area contributed by atoms with Gasteiger partial charge in [0.15, 0.2) is 6.07 Å². The van der Waals surface area contributed by atoms with Crippen molar-refractivity contribution >= 4 is 0 Å². The lowest BCUT2D eigenvalue weighted by Gasteiger charge is -2.33. The van der Waals surface area contributed by atoms with E-state index in [9.17, 15) is 48.3 Å². The second-order valence-electron chi connectivity index (χ2n) is 2.98. The topological polar surface area (TPSA) is 42.2 Å². The summed E-state index contributed by atoms with van der Waals surface area (Å²) >= 11 is 0. The third-order valence-corrected chi connectivity index (χ3v) is 1.50. The van der Waals surface area contributed by atoms with Gasteiger partial charge in [-0.1, -0.05) is 0 Å². The van der Waals surface area contributed by atoms with Crippen LogP contribution in [0.4, 0.5) is 48.3 Å². The maximum atomic E-state index is 13.1. The van der Waals surface area contributed by atoms with Gasteiger partial charge in [-0.3, -0.25) is 4.74 Å². The van der Waals surface area contributed by atoms with Gasteiger partial charge in [0.05, 0.1) is 0 Å². The van der Waals surface area contributed by atoms with Crippen LogP contribution < -0.4 is 0 Å². The number of halogens is 11. The third-order valence-electron chi connectivity index (χ3n) is 1.50. The number of hydrogen-bond donors (Lipinski definition) is 0. The van der Waals surface area contributed by atoms with Crippen LogP contribution in [0.5, 0.6) is 0 Å². The molecule has 0 radical (unpaired) electrons. The zero-order valence-electron chi connectivity index (χ0n) is 8.92. The van der Waals surface area contributed by atoms with E-state index in [1.54, 1.807) is 0 Å². The highest BCUT2D eigenvalue weighted by molar-refractivity contribution is 4.95. The first kappa shape index (κ1) is 19.2. The van der Waals surface area contributed by atoms with E-state index in [0.29, 0.717) is 0 Å². The molecule has 0 saturated carbocycles. The van der Waals surface area contributed by atoms with Crippen LogP contribution in [0.15, 0.2) is 12.1 Å². The Hall–Kier alpha value is -1.78. The molecule has 0 bridgehead atoms. The van der Waals surface area contributed by atoms with E-state index in [1.807, 2.05) is 9.47 Å². The van der Waals surface area contributed by atoms with Crippen LogP contribution in [-0.4, -0.2) is 24.2 Å². The van der Waals surface area contributed by atoms with Crippen molar-refractivity contribution in [2.24, 2.45) is 0 Å². The second kappa shape index (κ2) is 5.54. The molecule has 0 fully saturated rings. The number of nitriles is 1. The van der Waals surface area contributed by atoms with Crippen molar-refractivity contribution in [1.29, 1.82) is 5.26 Å². The number of ether oxygens (including phenoxy) is 2. The highest BCUT2D eigenvalue weighted by Crippen LogP contribution is 2.50. The number of nitrogens with zero attached hydrogens (tertiary/aromatic N) is 1. The van der Waals surface area contributed by atoms with Gasteiger partial charge in [0.2, 0.25) is 0 Å². The molecule has 0 aromatic carbocycles. The molecule has 0 amide bonds. The molecule has 0 spiro atoms. The first-order valence-electron chi connectivity index (χ1n) is 4.12. The van der Waals surface area contributed by atoms with Gasteiger partial charge in [-0.25, -0.2) is 0 Å². The highest BCUT2D eigenvalue weighted by Gasteiger charge is 2.78. The number of alkyl halides is 8. The molecule has 21 heavy (non-hydrogen) atoms. The smallest absolute Gasteiger partial charge is 0.398 e. The standard InChI is InChI=1S/C7F11NO2/c8-2(9)3(10)20-7(17,18)5(13,6(14,15)16)21-4(11,12)1-19. The Balaban J connectivity index is 5.84. The highest BCUT2D eigenvalue weighted by atomic mass is 19.4. The Kier molecular flexibility index (Phi) is 5.07. The van der Waals surface area contributed by atoms with Crippen LogP contribution in [0, 0.1) is 11.3 Å². The van der Waals surface area contributed by atoms with E-state index in [2.05, 4.69) is 0 Å². The van der Waals surface area contributed by atoms with Gasteiger partial charge >= 0.3 is 36.3 Å². The molecule has 0 N–H and O–H groups in total. The molecule has 0 aliphatic heterocycles. The van der Waals surface area contributed by atoms with Crippen molar-refractivity contribution < 1.29 is 57.8 Å². The van der Waals surface area contributed by atoms with Crippen LogP contribution >= 0.6 is 0 Å². The fourth-order valence-electron chi connectivity index (χ4n) is 0.698. The summed E-state index contributed by atoms with van der Waals surface area (Å²) in [5.41, 5.74) is 0. The molecule has 0 heterocycles. The molecule has 0 aliphatic carbocycles. The molecule has 1 unspecified atom stereocenters. The van der Waals surface area contributed by atoms with Gasteiger partial charge in [-0.05, 0) is 0 Å². The van der Waals surface area contributed by atoms with Crippen molar-refractivity contribution in [3.05, 3.63) is 12.1 Å². The molecule has 0 saturated heterocycles. The molecule has 0 aromatic rings. The van der Waals surface area contributed by atoms with E-state index >= 15 is 0 Å². The lowest BCUT2D eigenvalue weighted by molar-refractivity contribution is -0.489. The van der Waals surface area contributed by atoms with Crippen LogP contribution in [0.3, 0.4) is 0 Å². The van der Waals surface area contributed by atoms with Crippen molar-refractivity contribution in [3.63, 3.8) is 0 Å². The molecule has 14 heteroatoms. The van der Waals surface area contributed by atoms with Gasteiger partial charge in [0, 0.05) is 0 Å². The summed E-state index contributed by atoms with van der Waals surface area (Å²) in [4.78, 5) is 0. The second-order valence-corrected chi connectivity index (χ2v) is 2.98. The Morgan fingerprint density at radius 2 is 1.29 bits per heavy atom. The van der Waals surface area contributed by atoms with Gasteiger partial charge in [0.1, 0.15) is 0 Å². The fourth-order valence-corrected chi connectivity index (χ4v) is 0.698. The Bertz CT molecular complexity index is 460. The number of rotatable bonds is 5. The monoisotopic (exact) mass is 339 g/mol. The minimum Gasteiger partial charge on any atom is -0.398 e. The Morgan fingerprint density at radius 3 is 1.57 bits per heavy atom. The number of hydrogen-bond acceptors (Lipinski definition) is 3. The van der Waals surface area contributed by atoms with Gasteiger partial charge in [0.25, 0.3) is 0 Å². The lowest BCUT2D eigenvalue weighted by Crippen LogP contribution is -2.60. The maximum absolute atomic E-state index is 13.1. The Morgan fingerprint density at radius 1 is 0.857 bits per heavy atom. The summed E-state index contributed by atoms with van der Waals surface area (Å²) < 4.78 is 138. The largest absolute Gasteiger partial charge is 0.471 e. The molecule has 0 rings (SSSR count). The fraction of sp³-hybridized carbons (Fsp3) is 0.571. The zero-order valence-corrected chi connectivity index (χ0v) is 8.92. The summed E-state index contributed by atoms with van der Waals surface area (Å²) in [6, 6.07) is -4.09. The zero-order chi connectivity index (χ0) is 17.3. The first-order valence-corrected chi connectivity index (χ1v) is 4.12. The maximum Gasteiger partial charge on any atom is 0.471 e. The van der Waals surface area contributed by atoms with E-state index in [1.165, 1.54) is 0 Å². The minimum atomic E-state index is -7.01. The molecule has 0 aliphatic rings. The van der Waals surface area contributed by atoms with E-state index in [0.717, 1.165) is 0 Å². The summed E-state index contributed by atoms with van der Waals surface area (Å²) in [5, 5.41) is 7.61. The van der Waals surface area contributed by atoms with Crippen LogP contribution in [-0.2, 0) is 9.47 Å². The molecule has 0 aromatic heterocycles. The van der Waals surface area contributed by atoms with Crippen molar-refractivity contribution in [2.45, 2.75) is 24.2 Å². The van der Waals surface area contributed by atoms with E-state index in [-0.39, 0.29) is 0 Å². The summed E-state index contributed by atoms with van der Waals surface area (Å²) in [6.45, 7) is 0.